The first-order chi connectivity index (χ1) is 6.40. The van der Waals surface area contributed by atoms with Crippen LogP contribution in [-0.4, -0.2) is 31.8 Å². The minimum Gasteiger partial charge on any atom is -0.466 e. The molecule has 0 aromatic rings. The number of esters is 1. The van der Waals surface area contributed by atoms with Gasteiger partial charge in [0.15, 0.2) is 0 Å². The van der Waals surface area contributed by atoms with Gasteiger partial charge >= 0.3 is 5.97 Å². The number of allylic oxidation sites excluding steroid dienone is 1. The Morgan fingerprint density at radius 1 is 1.50 bits per heavy atom. The van der Waals surface area contributed by atoms with Crippen molar-refractivity contribution < 1.29 is 22.5 Å². The molecule has 5 nitrogen and oxygen atoms in total. The first-order valence-corrected chi connectivity index (χ1v) is 5.74. The second-order valence-corrected chi connectivity index (χ2v) is 4.19. The molecule has 82 valence electrons. The number of hydrogen-bond acceptors (Lipinski definition) is 4. The van der Waals surface area contributed by atoms with Crippen LogP contribution in [0, 0.1) is 0 Å². The lowest BCUT2D eigenvalue weighted by Gasteiger charge is -2.02. The minimum atomic E-state index is -4.18. The highest BCUT2D eigenvalue weighted by atomic mass is 32.2. The van der Waals surface area contributed by atoms with E-state index in [0.717, 1.165) is 13.5 Å². The zero-order chi connectivity index (χ0) is 11.2. The van der Waals surface area contributed by atoms with E-state index in [1.54, 1.807) is 0 Å². The van der Waals surface area contributed by atoms with E-state index >= 15 is 0 Å². The van der Waals surface area contributed by atoms with E-state index in [4.69, 9.17) is 4.55 Å². The molecule has 0 aromatic heterocycles. The number of hydrogen-bond donors (Lipinski definition) is 1. The lowest BCUT2D eigenvalue weighted by molar-refractivity contribution is -0.136. The summed E-state index contributed by atoms with van der Waals surface area (Å²) in [6.45, 7) is 1.89. The lowest BCUT2D eigenvalue weighted by Crippen LogP contribution is -2.15. The van der Waals surface area contributed by atoms with E-state index in [1.807, 2.05) is 6.92 Å². The maximum atomic E-state index is 11.0. The monoisotopic (exact) mass is 222 g/mol. The fraction of sp³-hybridized carbons (Fsp3) is 0.625. The smallest absolute Gasteiger partial charge is 0.334 e. The first-order valence-electron chi connectivity index (χ1n) is 4.13. The second kappa shape index (κ2) is 5.77. The fourth-order valence-electron chi connectivity index (χ4n) is 0.847. The highest BCUT2D eigenvalue weighted by Gasteiger charge is 2.16. The molecule has 0 heterocycles. The topological polar surface area (TPSA) is 80.7 Å². The summed E-state index contributed by atoms with van der Waals surface area (Å²) in [5.41, 5.74) is -0.0307. The van der Waals surface area contributed by atoms with Gasteiger partial charge in [0.2, 0.25) is 0 Å². The van der Waals surface area contributed by atoms with E-state index in [0.29, 0.717) is 6.42 Å². The summed E-state index contributed by atoms with van der Waals surface area (Å²) < 4.78 is 34.0. The van der Waals surface area contributed by atoms with Gasteiger partial charge < -0.3 is 4.74 Å². The summed E-state index contributed by atoms with van der Waals surface area (Å²) in [5, 5.41) is 0. The Kier molecular flexibility index (Phi) is 5.40. The SMILES string of the molecule is CCC/C=C(\CS(=O)(=O)O)C(=O)OC. The van der Waals surface area contributed by atoms with E-state index in [2.05, 4.69) is 4.74 Å². The molecule has 0 amide bonds. The van der Waals surface area contributed by atoms with E-state index < -0.39 is 21.8 Å². The van der Waals surface area contributed by atoms with Crippen molar-refractivity contribution in [2.24, 2.45) is 0 Å². The summed E-state index contributed by atoms with van der Waals surface area (Å²) in [7, 11) is -3.02. The van der Waals surface area contributed by atoms with Gasteiger partial charge in [0.25, 0.3) is 10.1 Å². The molecule has 0 rings (SSSR count). The molecule has 0 aliphatic carbocycles. The van der Waals surface area contributed by atoms with Crippen molar-refractivity contribution in [3.63, 3.8) is 0 Å². The zero-order valence-corrected chi connectivity index (χ0v) is 9.00. The minimum absolute atomic E-state index is 0.0307. The molecule has 0 spiro atoms. The third-order valence-corrected chi connectivity index (χ3v) is 2.14. The zero-order valence-electron chi connectivity index (χ0n) is 8.19. The van der Waals surface area contributed by atoms with Crippen molar-refractivity contribution in [2.75, 3.05) is 12.9 Å². The van der Waals surface area contributed by atoms with Crippen LogP contribution >= 0.6 is 0 Å². The third-order valence-electron chi connectivity index (χ3n) is 1.46. The molecule has 0 aromatic carbocycles. The Labute approximate surface area is 83.5 Å². The number of unbranched alkanes of at least 4 members (excludes halogenated alkanes) is 1. The Hall–Kier alpha value is -0.880. The predicted molar refractivity (Wildman–Crippen MR) is 51.4 cm³/mol. The first kappa shape index (κ1) is 13.1. The van der Waals surface area contributed by atoms with Crippen LogP contribution in [0.25, 0.3) is 0 Å². The van der Waals surface area contributed by atoms with Gasteiger partial charge in [-0.2, -0.15) is 8.42 Å². The largest absolute Gasteiger partial charge is 0.466 e. The molecule has 0 aliphatic rings. The highest BCUT2D eigenvalue weighted by molar-refractivity contribution is 7.86. The van der Waals surface area contributed by atoms with Crippen molar-refractivity contribution in [3.05, 3.63) is 11.6 Å². The average molecular weight is 222 g/mol. The van der Waals surface area contributed by atoms with Gasteiger partial charge in [0.1, 0.15) is 5.75 Å². The molecule has 0 unspecified atom stereocenters. The van der Waals surface area contributed by atoms with Gasteiger partial charge in [-0.15, -0.1) is 0 Å². The van der Waals surface area contributed by atoms with Crippen molar-refractivity contribution >= 4 is 16.1 Å². The number of ether oxygens (including phenoxy) is 1. The average Bonchev–Trinajstić information content (AvgIpc) is 2.09. The molecule has 0 aliphatic heterocycles. The van der Waals surface area contributed by atoms with Crippen LogP contribution in [0.4, 0.5) is 0 Å². The molecule has 0 atom stereocenters. The normalized spacial score (nSPS) is 12.6. The van der Waals surface area contributed by atoms with Gasteiger partial charge in [0.05, 0.1) is 12.7 Å². The summed E-state index contributed by atoms with van der Waals surface area (Å²) in [4.78, 5) is 11.0. The van der Waals surface area contributed by atoms with E-state index in [-0.39, 0.29) is 5.57 Å². The molecule has 1 N–H and O–H groups in total. The molecule has 14 heavy (non-hydrogen) atoms. The van der Waals surface area contributed by atoms with Crippen LogP contribution in [0.1, 0.15) is 19.8 Å². The van der Waals surface area contributed by atoms with Gasteiger partial charge in [-0.3, -0.25) is 4.55 Å². The Balaban J connectivity index is 4.65. The fourth-order valence-corrected chi connectivity index (χ4v) is 1.48. The summed E-state index contributed by atoms with van der Waals surface area (Å²) >= 11 is 0. The number of carbonyl (C=O) groups is 1. The van der Waals surface area contributed by atoms with Gasteiger partial charge in [-0.05, 0) is 6.42 Å². The van der Waals surface area contributed by atoms with Crippen molar-refractivity contribution in [1.29, 1.82) is 0 Å². The van der Waals surface area contributed by atoms with Crippen LogP contribution in [0.2, 0.25) is 0 Å². The highest BCUT2D eigenvalue weighted by Crippen LogP contribution is 2.04. The standard InChI is InChI=1S/C8H14O5S/c1-3-4-5-7(8(9)13-2)6-14(10,11)12/h5H,3-4,6H2,1-2H3,(H,10,11,12)/b7-5+. The van der Waals surface area contributed by atoms with Crippen LogP contribution in [0.5, 0.6) is 0 Å². The quantitative estimate of drug-likeness (QED) is 0.422. The van der Waals surface area contributed by atoms with Crippen molar-refractivity contribution in [3.8, 4) is 0 Å². The van der Waals surface area contributed by atoms with Crippen molar-refractivity contribution in [1.82, 2.24) is 0 Å². The van der Waals surface area contributed by atoms with Gasteiger partial charge in [0, 0.05) is 0 Å². The molecular formula is C8H14O5S. The molecule has 0 saturated carbocycles. The Morgan fingerprint density at radius 2 is 2.07 bits per heavy atom. The van der Waals surface area contributed by atoms with Crippen LogP contribution in [-0.2, 0) is 19.6 Å². The molecule has 0 fully saturated rings. The van der Waals surface area contributed by atoms with Crippen LogP contribution < -0.4 is 0 Å². The van der Waals surface area contributed by atoms with Crippen LogP contribution in [0.15, 0.2) is 11.6 Å². The molecule has 0 bridgehead atoms. The summed E-state index contributed by atoms with van der Waals surface area (Å²) in [6, 6.07) is 0. The Morgan fingerprint density at radius 3 is 2.43 bits per heavy atom. The predicted octanol–water partition coefficient (Wildman–Crippen LogP) is 0.774. The van der Waals surface area contributed by atoms with Gasteiger partial charge in [-0.1, -0.05) is 19.4 Å². The molecule has 6 heteroatoms. The summed E-state index contributed by atoms with van der Waals surface area (Å²) in [6.07, 6.45) is 2.81. The van der Waals surface area contributed by atoms with E-state index in [1.165, 1.54) is 6.08 Å². The van der Waals surface area contributed by atoms with Gasteiger partial charge in [-0.25, -0.2) is 4.79 Å². The third kappa shape index (κ3) is 5.71. The van der Waals surface area contributed by atoms with Crippen molar-refractivity contribution in [2.45, 2.75) is 19.8 Å². The molecule has 0 saturated heterocycles. The lowest BCUT2D eigenvalue weighted by atomic mass is 10.2. The Bertz CT molecular complexity index is 315. The number of rotatable bonds is 5. The number of carbonyl (C=O) groups excluding carboxylic acids is 1. The maximum absolute atomic E-state index is 11.0. The summed E-state index contributed by atoms with van der Waals surface area (Å²) in [5.74, 6) is -1.42. The maximum Gasteiger partial charge on any atom is 0.334 e. The van der Waals surface area contributed by atoms with Crippen LogP contribution in [0.3, 0.4) is 0 Å². The number of methoxy groups -OCH3 is 1. The second-order valence-electron chi connectivity index (χ2n) is 2.74. The molecule has 0 radical (unpaired) electrons. The van der Waals surface area contributed by atoms with E-state index in [9.17, 15) is 13.2 Å². The molecular weight excluding hydrogens is 208 g/mol.